The van der Waals surface area contributed by atoms with Gasteiger partial charge in [0.25, 0.3) is 11.8 Å². The number of anilines is 1. The Morgan fingerprint density at radius 3 is 2.60 bits per heavy atom. The fourth-order valence-corrected chi connectivity index (χ4v) is 3.48. The second-order valence-corrected chi connectivity index (χ2v) is 7.47. The number of hydrogen-bond donors (Lipinski definition) is 2. The van der Waals surface area contributed by atoms with E-state index in [4.69, 9.17) is 33.0 Å². The molecule has 4 rings (SSSR count). The first-order valence-electron chi connectivity index (χ1n) is 9.29. The van der Waals surface area contributed by atoms with Crippen LogP contribution in [-0.4, -0.2) is 48.1 Å². The standard InChI is InChI=1S/C21H18ClN3O4S/c22-15-6-5-14(20(27)25-7-9-28-10-8-25)11-16(15)23-21(30)24-19(26)18-12-13-3-1-2-4-17(13)29-18/h1-6,11-12H,7-10H2,(H2,23,24,26,30). The van der Waals surface area contributed by atoms with Crippen molar-refractivity contribution in [1.82, 2.24) is 10.2 Å². The van der Waals surface area contributed by atoms with Crippen molar-refractivity contribution in [2.24, 2.45) is 0 Å². The van der Waals surface area contributed by atoms with E-state index in [2.05, 4.69) is 10.6 Å². The molecule has 0 aliphatic carbocycles. The van der Waals surface area contributed by atoms with Gasteiger partial charge in [0.15, 0.2) is 10.9 Å². The van der Waals surface area contributed by atoms with Crippen molar-refractivity contribution in [2.75, 3.05) is 31.6 Å². The van der Waals surface area contributed by atoms with E-state index in [1.165, 1.54) is 0 Å². The van der Waals surface area contributed by atoms with Crippen LogP contribution in [0.5, 0.6) is 0 Å². The van der Waals surface area contributed by atoms with E-state index in [1.54, 1.807) is 35.2 Å². The lowest BCUT2D eigenvalue weighted by atomic mass is 10.1. The zero-order chi connectivity index (χ0) is 21.1. The Labute approximate surface area is 182 Å². The largest absolute Gasteiger partial charge is 0.451 e. The minimum atomic E-state index is -0.486. The highest BCUT2D eigenvalue weighted by atomic mass is 35.5. The summed E-state index contributed by atoms with van der Waals surface area (Å²) in [5.41, 5.74) is 1.50. The molecule has 1 fully saturated rings. The normalized spacial score (nSPS) is 13.8. The number of furan rings is 1. The second kappa shape index (κ2) is 8.83. The van der Waals surface area contributed by atoms with E-state index in [0.29, 0.717) is 48.2 Å². The lowest BCUT2D eigenvalue weighted by molar-refractivity contribution is 0.0303. The molecule has 1 saturated heterocycles. The Morgan fingerprint density at radius 2 is 1.83 bits per heavy atom. The van der Waals surface area contributed by atoms with Crippen LogP contribution >= 0.6 is 23.8 Å². The summed E-state index contributed by atoms with van der Waals surface area (Å²) in [5.74, 6) is -0.460. The highest BCUT2D eigenvalue weighted by Gasteiger charge is 2.20. The number of ether oxygens (including phenoxy) is 1. The summed E-state index contributed by atoms with van der Waals surface area (Å²) < 4.78 is 10.8. The summed E-state index contributed by atoms with van der Waals surface area (Å²) in [6.45, 7) is 2.11. The predicted molar refractivity (Wildman–Crippen MR) is 118 cm³/mol. The van der Waals surface area contributed by atoms with Gasteiger partial charge in [0.2, 0.25) is 0 Å². The number of hydrogen-bond acceptors (Lipinski definition) is 5. The molecule has 0 radical (unpaired) electrons. The number of morpholine rings is 1. The summed E-state index contributed by atoms with van der Waals surface area (Å²) in [4.78, 5) is 26.8. The van der Waals surface area contributed by atoms with Crippen LogP contribution in [0.15, 0.2) is 52.9 Å². The third-order valence-electron chi connectivity index (χ3n) is 4.64. The molecule has 0 saturated carbocycles. The molecular weight excluding hydrogens is 426 g/mol. The molecule has 0 unspecified atom stereocenters. The minimum Gasteiger partial charge on any atom is -0.451 e. The minimum absolute atomic E-state index is 0.0401. The molecule has 0 atom stereocenters. The van der Waals surface area contributed by atoms with Crippen molar-refractivity contribution < 1.29 is 18.7 Å². The molecule has 2 N–H and O–H groups in total. The van der Waals surface area contributed by atoms with E-state index >= 15 is 0 Å². The third kappa shape index (κ3) is 4.46. The van der Waals surface area contributed by atoms with Crippen LogP contribution in [0.1, 0.15) is 20.9 Å². The Balaban J connectivity index is 1.44. The molecule has 9 heteroatoms. The van der Waals surface area contributed by atoms with Crippen molar-refractivity contribution in [3.63, 3.8) is 0 Å². The van der Waals surface area contributed by atoms with E-state index in [0.717, 1.165) is 5.39 Å². The van der Waals surface area contributed by atoms with Gasteiger partial charge in [0.05, 0.1) is 23.9 Å². The number of thiocarbonyl (C=S) groups is 1. The van der Waals surface area contributed by atoms with Gasteiger partial charge in [-0.05, 0) is 42.5 Å². The molecule has 2 heterocycles. The van der Waals surface area contributed by atoms with Crippen LogP contribution < -0.4 is 10.6 Å². The molecule has 1 aromatic heterocycles. The number of carbonyl (C=O) groups is 2. The smallest absolute Gasteiger partial charge is 0.293 e. The number of fused-ring (bicyclic) bond motifs is 1. The Morgan fingerprint density at radius 1 is 1.07 bits per heavy atom. The third-order valence-corrected chi connectivity index (χ3v) is 5.17. The highest BCUT2D eigenvalue weighted by Crippen LogP contribution is 2.24. The number of rotatable bonds is 3. The van der Waals surface area contributed by atoms with Gasteiger partial charge in [-0.3, -0.25) is 14.9 Å². The summed E-state index contributed by atoms with van der Waals surface area (Å²) in [5, 5.41) is 6.66. The van der Waals surface area contributed by atoms with Crippen molar-refractivity contribution >= 4 is 57.4 Å². The molecule has 1 aliphatic rings. The van der Waals surface area contributed by atoms with E-state index < -0.39 is 5.91 Å². The van der Waals surface area contributed by atoms with Gasteiger partial charge in [0.1, 0.15) is 5.58 Å². The number of carbonyl (C=O) groups excluding carboxylic acids is 2. The summed E-state index contributed by atoms with van der Waals surface area (Å²) >= 11 is 11.5. The van der Waals surface area contributed by atoms with Gasteiger partial charge >= 0.3 is 0 Å². The molecule has 30 heavy (non-hydrogen) atoms. The summed E-state index contributed by atoms with van der Waals surface area (Å²) in [6.07, 6.45) is 0. The Kier molecular flexibility index (Phi) is 5.98. The number of para-hydroxylation sites is 1. The quantitative estimate of drug-likeness (QED) is 0.601. The molecule has 154 valence electrons. The fraction of sp³-hybridized carbons (Fsp3) is 0.190. The molecule has 0 spiro atoms. The number of amides is 2. The maximum Gasteiger partial charge on any atom is 0.293 e. The zero-order valence-electron chi connectivity index (χ0n) is 15.8. The monoisotopic (exact) mass is 443 g/mol. The van der Waals surface area contributed by atoms with Crippen molar-refractivity contribution in [1.29, 1.82) is 0 Å². The summed E-state index contributed by atoms with van der Waals surface area (Å²) in [6, 6.07) is 13.8. The van der Waals surface area contributed by atoms with Gasteiger partial charge in [-0.2, -0.15) is 0 Å². The Bertz CT molecular complexity index is 1090. The number of nitrogens with zero attached hydrogens (tertiary/aromatic N) is 1. The van der Waals surface area contributed by atoms with Crippen LogP contribution in [0.3, 0.4) is 0 Å². The fourth-order valence-electron chi connectivity index (χ4n) is 3.12. The first-order chi connectivity index (χ1) is 14.5. The van der Waals surface area contributed by atoms with E-state index in [-0.39, 0.29) is 16.8 Å². The van der Waals surface area contributed by atoms with Gasteiger partial charge in [-0.1, -0.05) is 29.8 Å². The van der Waals surface area contributed by atoms with Crippen molar-refractivity contribution in [2.45, 2.75) is 0 Å². The van der Waals surface area contributed by atoms with E-state index in [1.807, 2.05) is 18.2 Å². The summed E-state index contributed by atoms with van der Waals surface area (Å²) in [7, 11) is 0. The lowest BCUT2D eigenvalue weighted by Crippen LogP contribution is -2.40. The van der Waals surface area contributed by atoms with Crippen LogP contribution in [0.4, 0.5) is 5.69 Å². The first-order valence-corrected chi connectivity index (χ1v) is 10.1. The second-order valence-electron chi connectivity index (χ2n) is 6.66. The topological polar surface area (TPSA) is 83.8 Å². The number of halogens is 1. The molecule has 2 aromatic carbocycles. The van der Waals surface area contributed by atoms with Crippen molar-refractivity contribution in [3.8, 4) is 0 Å². The molecule has 0 bridgehead atoms. The molecule has 2 amide bonds. The van der Waals surface area contributed by atoms with Gasteiger partial charge in [-0.25, -0.2) is 0 Å². The van der Waals surface area contributed by atoms with Crippen LogP contribution in [0.2, 0.25) is 5.02 Å². The van der Waals surface area contributed by atoms with Gasteiger partial charge in [0, 0.05) is 24.0 Å². The zero-order valence-corrected chi connectivity index (χ0v) is 17.4. The molecule has 3 aromatic rings. The molecule has 1 aliphatic heterocycles. The molecule has 7 nitrogen and oxygen atoms in total. The molecular formula is C21H18ClN3O4S. The predicted octanol–water partition coefficient (Wildman–Crippen LogP) is 3.69. The SMILES string of the molecule is O=C(NC(=S)Nc1cc(C(=O)N2CCOCC2)ccc1Cl)c1cc2ccccc2o1. The average Bonchev–Trinajstić information content (AvgIpc) is 3.20. The highest BCUT2D eigenvalue weighted by molar-refractivity contribution is 7.80. The van der Waals surface area contributed by atoms with Gasteiger partial charge < -0.3 is 19.4 Å². The maximum atomic E-state index is 12.7. The van der Waals surface area contributed by atoms with Gasteiger partial charge in [-0.15, -0.1) is 0 Å². The number of nitrogens with one attached hydrogen (secondary N) is 2. The van der Waals surface area contributed by atoms with E-state index in [9.17, 15) is 9.59 Å². The number of benzene rings is 2. The van der Waals surface area contributed by atoms with Crippen LogP contribution in [0.25, 0.3) is 11.0 Å². The lowest BCUT2D eigenvalue weighted by Gasteiger charge is -2.27. The maximum absolute atomic E-state index is 12.7. The van der Waals surface area contributed by atoms with Crippen LogP contribution in [0, 0.1) is 0 Å². The van der Waals surface area contributed by atoms with Crippen LogP contribution in [-0.2, 0) is 4.74 Å². The Hall–Kier alpha value is -2.94. The average molecular weight is 444 g/mol. The van der Waals surface area contributed by atoms with Crippen molar-refractivity contribution in [3.05, 3.63) is 64.9 Å². The first kappa shape index (κ1) is 20.3.